The molecule has 5 heteroatoms. The summed E-state index contributed by atoms with van der Waals surface area (Å²) in [5, 5.41) is 18.5. The molecule has 2 aromatic carbocycles. The molecule has 1 aromatic heterocycles. The molecule has 0 unspecified atom stereocenters. The summed E-state index contributed by atoms with van der Waals surface area (Å²) < 4.78 is 0. The van der Waals surface area contributed by atoms with Crippen LogP contribution in [0.2, 0.25) is 0 Å². The van der Waals surface area contributed by atoms with Gasteiger partial charge in [-0.05, 0) is 29.0 Å². The number of aromatic nitrogens is 2. The first kappa shape index (κ1) is 12.6. The molecule has 0 radical (unpaired) electrons. The normalized spacial score (nSPS) is 10.6. The van der Waals surface area contributed by atoms with Gasteiger partial charge < -0.3 is 5.73 Å². The molecule has 0 fully saturated rings. The molecule has 0 bridgehead atoms. The molecule has 98 valence electrons. The van der Waals surface area contributed by atoms with Crippen molar-refractivity contribution >= 4 is 28.4 Å². The van der Waals surface area contributed by atoms with Gasteiger partial charge in [-0.25, -0.2) is 0 Å². The Morgan fingerprint density at radius 1 is 1.05 bits per heavy atom. The molecule has 0 aliphatic carbocycles. The van der Waals surface area contributed by atoms with E-state index in [1.54, 1.807) is 12.3 Å². The third kappa shape index (κ3) is 2.48. The number of fused-ring (bicyclic) bond motifs is 1. The molecular weight excluding hydrogens is 268 g/mol. The van der Waals surface area contributed by atoms with Gasteiger partial charge in [-0.3, -0.25) is 5.41 Å². The molecular formula is C15H12N4S. The van der Waals surface area contributed by atoms with Gasteiger partial charge in [-0.15, -0.1) is 5.10 Å². The first-order chi connectivity index (χ1) is 9.74. The van der Waals surface area contributed by atoms with Gasteiger partial charge >= 0.3 is 0 Å². The number of hydrogen-bond acceptors (Lipinski definition) is 4. The average molecular weight is 280 g/mol. The van der Waals surface area contributed by atoms with Crippen molar-refractivity contribution in [2.75, 3.05) is 0 Å². The van der Waals surface area contributed by atoms with E-state index in [4.69, 9.17) is 11.1 Å². The second kappa shape index (κ2) is 5.30. The Balaban J connectivity index is 1.99. The molecule has 0 saturated carbocycles. The second-order valence-corrected chi connectivity index (χ2v) is 5.34. The summed E-state index contributed by atoms with van der Waals surface area (Å²) in [6.07, 6.45) is 1.54. The van der Waals surface area contributed by atoms with E-state index in [-0.39, 0.29) is 5.84 Å². The summed E-state index contributed by atoms with van der Waals surface area (Å²) in [4.78, 5) is 1.05. The predicted octanol–water partition coefficient (Wildman–Crippen LogP) is 3.07. The van der Waals surface area contributed by atoms with Crippen LogP contribution in [0.4, 0.5) is 0 Å². The number of nitrogens with one attached hydrogen (secondary N) is 1. The van der Waals surface area contributed by atoms with Crippen LogP contribution in [-0.2, 0) is 0 Å². The highest BCUT2D eigenvalue weighted by Gasteiger charge is 2.09. The maximum atomic E-state index is 7.57. The number of nitrogen functional groups attached to an aromatic ring is 1. The molecule has 0 spiro atoms. The van der Waals surface area contributed by atoms with Crippen molar-refractivity contribution in [3.8, 4) is 0 Å². The molecule has 3 aromatic rings. The maximum absolute atomic E-state index is 7.57. The minimum Gasteiger partial charge on any atom is -0.384 e. The van der Waals surface area contributed by atoms with E-state index in [1.807, 2.05) is 18.2 Å². The van der Waals surface area contributed by atoms with Crippen LogP contribution in [0.5, 0.6) is 0 Å². The zero-order valence-corrected chi connectivity index (χ0v) is 11.4. The van der Waals surface area contributed by atoms with E-state index in [0.29, 0.717) is 10.6 Å². The molecule has 3 N–H and O–H groups in total. The Bertz CT molecular complexity index is 785. The second-order valence-electron chi connectivity index (χ2n) is 4.27. The first-order valence-electron chi connectivity index (χ1n) is 6.07. The Morgan fingerprint density at radius 2 is 1.85 bits per heavy atom. The van der Waals surface area contributed by atoms with E-state index >= 15 is 0 Å². The molecule has 0 atom stereocenters. The van der Waals surface area contributed by atoms with Crippen molar-refractivity contribution in [1.29, 1.82) is 5.41 Å². The van der Waals surface area contributed by atoms with Crippen molar-refractivity contribution < 1.29 is 0 Å². The third-order valence-corrected chi connectivity index (χ3v) is 3.90. The number of amidine groups is 1. The van der Waals surface area contributed by atoms with Crippen LogP contribution in [0.1, 0.15) is 5.56 Å². The van der Waals surface area contributed by atoms with Crippen molar-refractivity contribution in [3.05, 3.63) is 60.3 Å². The first-order valence-corrected chi connectivity index (χ1v) is 6.88. The summed E-state index contributed by atoms with van der Waals surface area (Å²) in [6.45, 7) is 0. The van der Waals surface area contributed by atoms with Crippen LogP contribution in [0.25, 0.3) is 10.8 Å². The number of benzene rings is 2. The van der Waals surface area contributed by atoms with E-state index < -0.39 is 0 Å². The van der Waals surface area contributed by atoms with E-state index in [2.05, 4.69) is 34.5 Å². The van der Waals surface area contributed by atoms with Crippen molar-refractivity contribution in [1.82, 2.24) is 10.2 Å². The van der Waals surface area contributed by atoms with Gasteiger partial charge in [0.25, 0.3) is 0 Å². The van der Waals surface area contributed by atoms with Crippen LogP contribution in [-0.4, -0.2) is 16.0 Å². The van der Waals surface area contributed by atoms with Gasteiger partial charge in [0.2, 0.25) is 0 Å². The number of hydrogen-bond donors (Lipinski definition) is 2. The summed E-state index contributed by atoms with van der Waals surface area (Å²) in [5.41, 5.74) is 6.17. The fraction of sp³-hybridized carbons (Fsp3) is 0. The standard InChI is InChI=1S/C15H12N4S/c16-14(17)13-7-8-18-19-15(13)20-12-6-5-10-3-1-2-4-11(10)9-12/h1-9H,(H3,16,17). The van der Waals surface area contributed by atoms with Gasteiger partial charge in [-0.2, -0.15) is 5.10 Å². The molecule has 20 heavy (non-hydrogen) atoms. The number of nitrogens with two attached hydrogens (primary N) is 1. The lowest BCUT2D eigenvalue weighted by Crippen LogP contribution is -2.13. The van der Waals surface area contributed by atoms with Crippen LogP contribution >= 0.6 is 11.8 Å². The quantitative estimate of drug-likeness (QED) is 0.571. The highest BCUT2D eigenvalue weighted by atomic mass is 32.2. The Hall–Kier alpha value is -2.40. The Morgan fingerprint density at radius 3 is 2.65 bits per heavy atom. The van der Waals surface area contributed by atoms with Gasteiger partial charge in [0.05, 0.1) is 11.8 Å². The zero-order chi connectivity index (χ0) is 13.9. The van der Waals surface area contributed by atoms with Gasteiger partial charge in [0.15, 0.2) is 0 Å². The topological polar surface area (TPSA) is 75.7 Å². The molecule has 0 aliphatic rings. The van der Waals surface area contributed by atoms with Crippen LogP contribution in [0, 0.1) is 5.41 Å². The Kier molecular flexibility index (Phi) is 3.35. The smallest absolute Gasteiger partial charge is 0.134 e. The van der Waals surface area contributed by atoms with Gasteiger partial charge in [0.1, 0.15) is 10.9 Å². The molecule has 0 aliphatic heterocycles. The molecule has 1 heterocycles. The summed E-state index contributed by atoms with van der Waals surface area (Å²) >= 11 is 1.46. The average Bonchev–Trinajstić information content (AvgIpc) is 2.47. The van der Waals surface area contributed by atoms with Gasteiger partial charge in [0, 0.05) is 4.90 Å². The van der Waals surface area contributed by atoms with E-state index in [0.717, 1.165) is 4.90 Å². The monoisotopic (exact) mass is 280 g/mol. The van der Waals surface area contributed by atoms with E-state index in [1.165, 1.54) is 22.5 Å². The lowest BCUT2D eigenvalue weighted by atomic mass is 10.1. The third-order valence-electron chi connectivity index (χ3n) is 2.91. The highest BCUT2D eigenvalue weighted by Crippen LogP contribution is 2.30. The minimum absolute atomic E-state index is 0.00295. The van der Waals surface area contributed by atoms with Crippen molar-refractivity contribution in [2.24, 2.45) is 5.73 Å². The Labute approximate surface area is 120 Å². The minimum atomic E-state index is 0.00295. The molecule has 0 saturated heterocycles. The number of nitrogens with zero attached hydrogens (tertiary/aromatic N) is 2. The fourth-order valence-electron chi connectivity index (χ4n) is 1.94. The van der Waals surface area contributed by atoms with Crippen LogP contribution in [0.15, 0.2) is 64.6 Å². The van der Waals surface area contributed by atoms with Crippen LogP contribution in [0.3, 0.4) is 0 Å². The van der Waals surface area contributed by atoms with Crippen molar-refractivity contribution in [2.45, 2.75) is 9.92 Å². The number of rotatable bonds is 3. The summed E-state index contributed by atoms with van der Waals surface area (Å²) in [7, 11) is 0. The van der Waals surface area contributed by atoms with Crippen LogP contribution < -0.4 is 5.73 Å². The van der Waals surface area contributed by atoms with E-state index in [9.17, 15) is 0 Å². The lowest BCUT2D eigenvalue weighted by Gasteiger charge is -2.06. The zero-order valence-electron chi connectivity index (χ0n) is 10.6. The largest absolute Gasteiger partial charge is 0.384 e. The maximum Gasteiger partial charge on any atom is 0.134 e. The molecule has 0 amide bonds. The molecule has 3 rings (SSSR count). The predicted molar refractivity (Wildman–Crippen MR) is 81.1 cm³/mol. The molecule has 4 nitrogen and oxygen atoms in total. The lowest BCUT2D eigenvalue weighted by molar-refractivity contribution is 0.921. The fourth-order valence-corrected chi connectivity index (χ4v) is 2.86. The summed E-state index contributed by atoms with van der Waals surface area (Å²) in [5.74, 6) is 0.00295. The highest BCUT2D eigenvalue weighted by molar-refractivity contribution is 7.99. The van der Waals surface area contributed by atoms with Crippen molar-refractivity contribution in [3.63, 3.8) is 0 Å². The summed E-state index contributed by atoms with van der Waals surface area (Å²) in [6, 6.07) is 16.1. The van der Waals surface area contributed by atoms with Gasteiger partial charge in [-0.1, -0.05) is 42.1 Å². The SMILES string of the molecule is N=C(N)c1ccnnc1Sc1ccc2ccccc2c1.